The summed E-state index contributed by atoms with van der Waals surface area (Å²) in [5, 5.41) is 7.05. The van der Waals surface area contributed by atoms with Gasteiger partial charge in [-0.3, -0.25) is 9.69 Å². The fraction of sp³-hybridized carbons (Fsp3) is 0.263. The molecule has 3 heterocycles. The van der Waals surface area contributed by atoms with Gasteiger partial charge in [-0.15, -0.1) is 0 Å². The molecule has 3 aromatic rings. The van der Waals surface area contributed by atoms with E-state index in [9.17, 15) is 4.79 Å². The van der Waals surface area contributed by atoms with Crippen LogP contribution in [-0.2, 0) is 4.79 Å². The van der Waals surface area contributed by atoms with Crippen LogP contribution in [0.3, 0.4) is 0 Å². The second-order valence-corrected chi connectivity index (χ2v) is 6.29. The van der Waals surface area contributed by atoms with Crippen molar-refractivity contribution in [1.82, 2.24) is 24.6 Å². The molecule has 1 amide bonds. The molecule has 1 aliphatic heterocycles. The van der Waals surface area contributed by atoms with Crippen molar-refractivity contribution in [2.45, 2.75) is 18.9 Å². The molecule has 26 heavy (non-hydrogen) atoms. The molecule has 132 valence electrons. The van der Waals surface area contributed by atoms with Crippen LogP contribution >= 0.6 is 0 Å². The first-order valence-corrected chi connectivity index (χ1v) is 8.72. The Balaban J connectivity index is 1.52. The molecule has 1 aromatic carbocycles. The summed E-state index contributed by atoms with van der Waals surface area (Å²) in [6, 6.07) is 13.3. The lowest BCUT2D eigenvalue weighted by Crippen LogP contribution is -2.35. The zero-order chi connectivity index (χ0) is 17.8. The highest BCUT2D eigenvalue weighted by molar-refractivity contribution is 5.95. The molecule has 1 saturated heterocycles. The van der Waals surface area contributed by atoms with Crippen LogP contribution in [0.1, 0.15) is 24.4 Å². The van der Waals surface area contributed by atoms with E-state index in [-0.39, 0.29) is 11.9 Å². The number of nitrogens with zero attached hydrogens (tertiary/aromatic N) is 5. The molecule has 1 N–H and O–H groups in total. The molecular weight excluding hydrogens is 328 g/mol. The Bertz CT molecular complexity index is 842. The van der Waals surface area contributed by atoms with Crippen LogP contribution in [0.4, 0.5) is 5.69 Å². The van der Waals surface area contributed by atoms with Crippen LogP contribution in [0.5, 0.6) is 0 Å². The van der Waals surface area contributed by atoms with Gasteiger partial charge in [-0.25, -0.2) is 14.6 Å². The first-order valence-electron chi connectivity index (χ1n) is 8.72. The smallest absolute Gasteiger partial charge is 0.246 e. The SMILES string of the molecule is O=C(Nc1ccc(-n2cncn2)nc1)C(c1ccccc1)N1CCCC1. The summed E-state index contributed by atoms with van der Waals surface area (Å²) >= 11 is 0. The summed E-state index contributed by atoms with van der Waals surface area (Å²) in [5.74, 6) is 0.619. The highest BCUT2D eigenvalue weighted by Gasteiger charge is 2.29. The molecular formula is C19H20N6O. The zero-order valence-electron chi connectivity index (χ0n) is 14.3. The van der Waals surface area contributed by atoms with E-state index in [1.54, 1.807) is 23.3 Å². The third-order valence-corrected chi connectivity index (χ3v) is 4.54. The molecule has 4 rings (SSSR count). The van der Waals surface area contributed by atoms with Gasteiger partial charge in [0.2, 0.25) is 5.91 Å². The molecule has 1 aliphatic rings. The predicted octanol–water partition coefficient (Wildman–Crippen LogP) is 2.44. The maximum absolute atomic E-state index is 13.0. The summed E-state index contributed by atoms with van der Waals surface area (Å²) in [5.41, 5.74) is 1.68. The number of aromatic nitrogens is 4. The van der Waals surface area contributed by atoms with Gasteiger partial charge in [0.05, 0.1) is 11.9 Å². The lowest BCUT2D eigenvalue weighted by Gasteiger charge is -2.26. The number of rotatable bonds is 5. The van der Waals surface area contributed by atoms with Gasteiger partial charge in [0.15, 0.2) is 5.82 Å². The monoisotopic (exact) mass is 348 g/mol. The maximum atomic E-state index is 13.0. The minimum Gasteiger partial charge on any atom is -0.323 e. The quantitative estimate of drug-likeness (QED) is 0.766. The third-order valence-electron chi connectivity index (χ3n) is 4.54. The summed E-state index contributed by atoms with van der Waals surface area (Å²) in [6.45, 7) is 1.88. The molecule has 0 saturated carbocycles. The lowest BCUT2D eigenvalue weighted by atomic mass is 10.0. The highest BCUT2D eigenvalue weighted by atomic mass is 16.2. The van der Waals surface area contributed by atoms with Crippen LogP contribution < -0.4 is 5.32 Å². The fourth-order valence-corrected chi connectivity index (χ4v) is 3.30. The predicted molar refractivity (Wildman–Crippen MR) is 97.8 cm³/mol. The fourth-order valence-electron chi connectivity index (χ4n) is 3.30. The minimum atomic E-state index is -0.284. The molecule has 1 fully saturated rings. The second-order valence-electron chi connectivity index (χ2n) is 6.29. The van der Waals surface area contributed by atoms with Gasteiger partial charge in [-0.05, 0) is 43.6 Å². The van der Waals surface area contributed by atoms with E-state index < -0.39 is 0 Å². The first-order chi connectivity index (χ1) is 12.8. The van der Waals surface area contributed by atoms with Crippen LogP contribution in [-0.4, -0.2) is 43.6 Å². The molecule has 7 nitrogen and oxygen atoms in total. The van der Waals surface area contributed by atoms with Gasteiger partial charge in [0, 0.05) is 0 Å². The molecule has 0 radical (unpaired) electrons. The highest BCUT2D eigenvalue weighted by Crippen LogP contribution is 2.26. The summed E-state index contributed by atoms with van der Waals surface area (Å²) in [7, 11) is 0. The van der Waals surface area contributed by atoms with Crippen LogP contribution in [0.25, 0.3) is 5.82 Å². The van der Waals surface area contributed by atoms with Crippen molar-refractivity contribution >= 4 is 11.6 Å². The van der Waals surface area contributed by atoms with Crippen molar-refractivity contribution in [2.75, 3.05) is 18.4 Å². The van der Waals surface area contributed by atoms with Crippen molar-refractivity contribution in [3.8, 4) is 5.82 Å². The van der Waals surface area contributed by atoms with E-state index in [1.165, 1.54) is 6.33 Å². The molecule has 7 heteroatoms. The Labute approximate surface area is 151 Å². The average molecular weight is 348 g/mol. The Morgan fingerprint density at radius 3 is 2.54 bits per heavy atom. The average Bonchev–Trinajstić information content (AvgIpc) is 3.38. The van der Waals surface area contributed by atoms with E-state index >= 15 is 0 Å². The van der Waals surface area contributed by atoms with E-state index in [4.69, 9.17) is 0 Å². The van der Waals surface area contributed by atoms with Gasteiger partial charge in [0.1, 0.15) is 18.7 Å². The largest absolute Gasteiger partial charge is 0.323 e. The number of hydrogen-bond acceptors (Lipinski definition) is 5. The van der Waals surface area contributed by atoms with Crippen molar-refractivity contribution in [3.05, 3.63) is 66.9 Å². The number of anilines is 1. The normalized spacial score (nSPS) is 15.7. The van der Waals surface area contributed by atoms with Gasteiger partial charge >= 0.3 is 0 Å². The van der Waals surface area contributed by atoms with E-state index in [2.05, 4.69) is 25.3 Å². The third kappa shape index (κ3) is 3.48. The Kier molecular flexibility index (Phi) is 4.70. The first kappa shape index (κ1) is 16.4. The topological polar surface area (TPSA) is 75.9 Å². The standard InChI is InChI=1S/C19H20N6O/c26-19(18(24-10-4-5-11-24)15-6-2-1-3-7-15)23-16-8-9-17(21-12-16)25-14-20-13-22-25/h1-3,6-9,12-14,18H,4-5,10-11H2,(H,23,26). The molecule has 0 aliphatic carbocycles. The molecule has 1 atom stereocenters. The van der Waals surface area contributed by atoms with E-state index in [0.29, 0.717) is 11.5 Å². The number of amides is 1. The lowest BCUT2D eigenvalue weighted by molar-refractivity contribution is -0.121. The van der Waals surface area contributed by atoms with Crippen LogP contribution in [0.2, 0.25) is 0 Å². The van der Waals surface area contributed by atoms with Crippen molar-refractivity contribution in [2.24, 2.45) is 0 Å². The zero-order valence-corrected chi connectivity index (χ0v) is 14.3. The Morgan fingerprint density at radius 1 is 1.08 bits per heavy atom. The van der Waals surface area contributed by atoms with Crippen LogP contribution in [0, 0.1) is 0 Å². The van der Waals surface area contributed by atoms with Gasteiger partial charge < -0.3 is 5.32 Å². The maximum Gasteiger partial charge on any atom is 0.246 e. The number of nitrogens with one attached hydrogen (secondary N) is 1. The number of carbonyl (C=O) groups is 1. The number of likely N-dealkylation sites (tertiary alicyclic amines) is 1. The van der Waals surface area contributed by atoms with Gasteiger partial charge in [-0.1, -0.05) is 30.3 Å². The number of hydrogen-bond donors (Lipinski definition) is 1. The van der Waals surface area contributed by atoms with Gasteiger partial charge in [0.25, 0.3) is 0 Å². The molecule has 2 aromatic heterocycles. The van der Waals surface area contributed by atoms with Crippen molar-refractivity contribution < 1.29 is 4.79 Å². The van der Waals surface area contributed by atoms with Crippen molar-refractivity contribution in [3.63, 3.8) is 0 Å². The summed E-state index contributed by atoms with van der Waals surface area (Å²) < 4.78 is 1.57. The molecule has 0 spiro atoms. The summed E-state index contributed by atoms with van der Waals surface area (Å²) in [6.07, 6.45) is 6.94. The Hall–Kier alpha value is -3.06. The molecule has 0 bridgehead atoms. The van der Waals surface area contributed by atoms with E-state index in [0.717, 1.165) is 31.5 Å². The minimum absolute atomic E-state index is 0.0339. The number of carbonyl (C=O) groups excluding carboxylic acids is 1. The van der Waals surface area contributed by atoms with E-state index in [1.807, 2.05) is 36.4 Å². The summed E-state index contributed by atoms with van der Waals surface area (Å²) in [4.78, 5) is 23.5. The second kappa shape index (κ2) is 7.45. The Morgan fingerprint density at radius 2 is 1.88 bits per heavy atom. The number of benzene rings is 1. The van der Waals surface area contributed by atoms with Crippen LogP contribution in [0.15, 0.2) is 61.3 Å². The molecule has 1 unspecified atom stereocenters. The van der Waals surface area contributed by atoms with Crippen molar-refractivity contribution in [1.29, 1.82) is 0 Å². The number of pyridine rings is 1. The van der Waals surface area contributed by atoms with Gasteiger partial charge in [-0.2, -0.15) is 5.10 Å².